The fourth-order valence-electron chi connectivity index (χ4n) is 1.74. The summed E-state index contributed by atoms with van der Waals surface area (Å²) in [7, 11) is 1.84. The van der Waals surface area contributed by atoms with Gasteiger partial charge in [0.05, 0.1) is 5.69 Å². The quantitative estimate of drug-likeness (QED) is 0.885. The first-order chi connectivity index (χ1) is 8.32. The maximum Gasteiger partial charge on any atom is 0.435 e. The highest BCUT2D eigenvalue weighted by Gasteiger charge is 2.32. The minimum Gasteiger partial charge on any atom is -0.317 e. The molecule has 0 saturated carbocycles. The number of hydrogen-bond donors (Lipinski definition) is 1. The highest BCUT2D eigenvalue weighted by molar-refractivity contribution is 5.10. The number of halogens is 3. The molecule has 0 aromatic carbocycles. The van der Waals surface area contributed by atoms with Crippen molar-refractivity contribution in [1.82, 2.24) is 15.5 Å². The summed E-state index contributed by atoms with van der Waals surface area (Å²) >= 11 is 0. The van der Waals surface area contributed by atoms with E-state index in [9.17, 15) is 13.2 Å². The zero-order chi connectivity index (χ0) is 13.8. The molecule has 1 rings (SSSR count). The van der Waals surface area contributed by atoms with Crippen molar-refractivity contribution >= 4 is 0 Å². The molecule has 1 aromatic heterocycles. The number of rotatable bonds is 5. The topological polar surface area (TPSA) is 37.8 Å². The average molecular weight is 261 g/mol. The van der Waals surface area contributed by atoms with Crippen molar-refractivity contribution in [3.8, 4) is 0 Å². The van der Waals surface area contributed by atoms with Crippen LogP contribution in [0.5, 0.6) is 0 Å². The van der Waals surface area contributed by atoms with Crippen LogP contribution in [0.15, 0.2) is 12.1 Å². The van der Waals surface area contributed by atoms with E-state index in [0.29, 0.717) is 18.0 Å². The van der Waals surface area contributed by atoms with Crippen LogP contribution >= 0.6 is 0 Å². The maximum absolute atomic E-state index is 12.3. The Labute approximate surface area is 105 Å². The second-order valence-corrected chi connectivity index (χ2v) is 4.73. The molecular weight excluding hydrogens is 243 g/mol. The largest absolute Gasteiger partial charge is 0.435 e. The molecule has 0 fully saturated rings. The lowest BCUT2D eigenvalue weighted by molar-refractivity contribution is -0.141. The summed E-state index contributed by atoms with van der Waals surface area (Å²) in [6, 6.07) is 2.57. The smallest absolute Gasteiger partial charge is 0.317 e. The van der Waals surface area contributed by atoms with Crippen LogP contribution in [0.2, 0.25) is 0 Å². The van der Waals surface area contributed by atoms with E-state index in [1.54, 1.807) is 0 Å². The van der Waals surface area contributed by atoms with Gasteiger partial charge in [0.25, 0.3) is 0 Å². The number of aromatic nitrogens is 2. The van der Waals surface area contributed by atoms with Gasteiger partial charge in [0.2, 0.25) is 0 Å². The van der Waals surface area contributed by atoms with Crippen LogP contribution in [0.3, 0.4) is 0 Å². The predicted octanol–water partition coefficient (Wildman–Crippen LogP) is 2.67. The molecule has 6 heteroatoms. The average Bonchev–Trinajstić information content (AvgIpc) is 2.27. The van der Waals surface area contributed by atoms with E-state index < -0.39 is 11.9 Å². The summed E-state index contributed by atoms with van der Waals surface area (Å²) < 4.78 is 36.9. The predicted molar refractivity (Wildman–Crippen MR) is 63.0 cm³/mol. The second-order valence-electron chi connectivity index (χ2n) is 4.73. The van der Waals surface area contributed by atoms with Crippen LogP contribution in [0.1, 0.15) is 31.7 Å². The molecule has 0 saturated heterocycles. The molecule has 0 aliphatic rings. The van der Waals surface area contributed by atoms with Crippen LogP contribution in [0, 0.1) is 5.92 Å². The molecule has 1 atom stereocenters. The molecule has 0 amide bonds. The van der Waals surface area contributed by atoms with Crippen molar-refractivity contribution in [2.24, 2.45) is 5.92 Å². The van der Waals surface area contributed by atoms with Gasteiger partial charge in [0, 0.05) is 12.5 Å². The molecule has 1 unspecified atom stereocenters. The van der Waals surface area contributed by atoms with Crippen molar-refractivity contribution < 1.29 is 13.2 Å². The Morgan fingerprint density at radius 1 is 1.22 bits per heavy atom. The third-order valence-corrected chi connectivity index (χ3v) is 2.63. The summed E-state index contributed by atoms with van der Waals surface area (Å²) in [5, 5.41) is 9.98. The van der Waals surface area contributed by atoms with Gasteiger partial charge in [-0.15, -0.1) is 5.10 Å². The monoisotopic (exact) mass is 261 g/mol. The summed E-state index contributed by atoms with van der Waals surface area (Å²) in [6.45, 7) is 4.20. The Kier molecular flexibility index (Phi) is 5.07. The summed E-state index contributed by atoms with van der Waals surface area (Å²) in [6.07, 6.45) is -2.90. The first-order valence-corrected chi connectivity index (χ1v) is 5.90. The number of hydrogen-bond acceptors (Lipinski definition) is 3. The highest BCUT2D eigenvalue weighted by Crippen LogP contribution is 2.26. The Bertz CT molecular complexity index is 360. The van der Waals surface area contributed by atoms with Gasteiger partial charge in [-0.1, -0.05) is 13.8 Å². The van der Waals surface area contributed by atoms with E-state index in [0.717, 1.165) is 12.5 Å². The second kappa shape index (κ2) is 6.13. The first-order valence-electron chi connectivity index (χ1n) is 5.90. The van der Waals surface area contributed by atoms with E-state index in [1.807, 2.05) is 7.05 Å². The van der Waals surface area contributed by atoms with Gasteiger partial charge >= 0.3 is 6.18 Å². The van der Waals surface area contributed by atoms with E-state index in [2.05, 4.69) is 29.4 Å². The van der Waals surface area contributed by atoms with Gasteiger partial charge in [-0.25, -0.2) is 0 Å². The Morgan fingerprint density at radius 3 is 2.28 bits per heavy atom. The SMILES string of the molecule is CNC(Cc1ccc(C(F)(F)F)nn1)CC(C)C. The van der Waals surface area contributed by atoms with E-state index >= 15 is 0 Å². The first kappa shape index (κ1) is 14.9. The van der Waals surface area contributed by atoms with Gasteiger partial charge in [-0.05, 0) is 31.5 Å². The van der Waals surface area contributed by atoms with Gasteiger partial charge in [-0.2, -0.15) is 18.3 Å². The van der Waals surface area contributed by atoms with Crippen molar-refractivity contribution in [2.45, 2.75) is 38.9 Å². The molecule has 0 aliphatic carbocycles. The number of likely N-dealkylation sites (N-methyl/N-ethyl adjacent to an activating group) is 1. The lowest BCUT2D eigenvalue weighted by atomic mass is 10.00. The van der Waals surface area contributed by atoms with Gasteiger partial charge in [0.1, 0.15) is 0 Å². The van der Waals surface area contributed by atoms with Gasteiger partial charge in [-0.3, -0.25) is 0 Å². The zero-order valence-electron chi connectivity index (χ0n) is 10.8. The molecule has 0 aliphatic heterocycles. The third kappa shape index (κ3) is 4.60. The van der Waals surface area contributed by atoms with Crippen LogP contribution < -0.4 is 5.32 Å². The van der Waals surface area contributed by atoms with Crippen LogP contribution in [0.25, 0.3) is 0 Å². The fourth-order valence-corrected chi connectivity index (χ4v) is 1.74. The van der Waals surface area contributed by atoms with E-state index in [-0.39, 0.29) is 6.04 Å². The molecule has 1 heterocycles. The van der Waals surface area contributed by atoms with Crippen molar-refractivity contribution in [1.29, 1.82) is 0 Å². The van der Waals surface area contributed by atoms with Crippen molar-refractivity contribution in [3.63, 3.8) is 0 Å². The molecule has 1 N–H and O–H groups in total. The van der Waals surface area contributed by atoms with Crippen molar-refractivity contribution in [3.05, 3.63) is 23.5 Å². The third-order valence-electron chi connectivity index (χ3n) is 2.63. The Hall–Kier alpha value is -1.17. The molecule has 102 valence electrons. The van der Waals surface area contributed by atoms with E-state index in [1.165, 1.54) is 6.07 Å². The molecular formula is C12H18F3N3. The fraction of sp³-hybridized carbons (Fsp3) is 0.667. The summed E-state index contributed by atoms with van der Waals surface area (Å²) in [5.41, 5.74) is -0.376. The Balaban J connectivity index is 2.68. The molecule has 18 heavy (non-hydrogen) atoms. The van der Waals surface area contributed by atoms with Gasteiger partial charge < -0.3 is 5.32 Å². The minimum absolute atomic E-state index is 0.205. The number of nitrogens with one attached hydrogen (secondary N) is 1. The van der Waals surface area contributed by atoms with Crippen molar-refractivity contribution in [2.75, 3.05) is 7.05 Å². The molecule has 0 bridgehead atoms. The molecule has 0 spiro atoms. The summed E-state index contributed by atoms with van der Waals surface area (Å²) in [5.74, 6) is 0.518. The van der Waals surface area contributed by atoms with Crippen LogP contribution in [-0.2, 0) is 12.6 Å². The van der Waals surface area contributed by atoms with E-state index in [4.69, 9.17) is 0 Å². The highest BCUT2D eigenvalue weighted by atomic mass is 19.4. The molecule has 0 radical (unpaired) electrons. The maximum atomic E-state index is 12.3. The van der Waals surface area contributed by atoms with Gasteiger partial charge in [0.15, 0.2) is 5.69 Å². The number of alkyl halides is 3. The Morgan fingerprint density at radius 2 is 1.89 bits per heavy atom. The summed E-state index contributed by atoms with van der Waals surface area (Å²) in [4.78, 5) is 0. The number of nitrogens with zero attached hydrogens (tertiary/aromatic N) is 2. The molecule has 3 nitrogen and oxygen atoms in total. The normalized spacial score (nSPS) is 13.9. The minimum atomic E-state index is -4.42. The van der Waals surface area contributed by atoms with Crippen LogP contribution in [-0.4, -0.2) is 23.3 Å². The van der Waals surface area contributed by atoms with Crippen LogP contribution in [0.4, 0.5) is 13.2 Å². The standard InChI is InChI=1S/C12H18F3N3/c1-8(2)6-10(16-3)7-9-4-5-11(18-17-9)12(13,14)15/h4-5,8,10,16H,6-7H2,1-3H3. The zero-order valence-corrected chi connectivity index (χ0v) is 10.8. The lowest BCUT2D eigenvalue weighted by Gasteiger charge is -2.17. The lowest BCUT2D eigenvalue weighted by Crippen LogP contribution is -2.29. The molecule has 1 aromatic rings.